The first kappa shape index (κ1) is 12.4. The fourth-order valence-corrected chi connectivity index (χ4v) is 2.41. The number of pyridine rings is 1. The summed E-state index contributed by atoms with van der Waals surface area (Å²) >= 11 is 7.32. The van der Waals surface area contributed by atoms with Crippen LogP contribution in [0, 0.1) is 0 Å². The van der Waals surface area contributed by atoms with E-state index >= 15 is 0 Å². The first-order valence-electron chi connectivity index (χ1n) is 5.53. The molecule has 0 fully saturated rings. The molecule has 0 spiro atoms. The van der Waals surface area contributed by atoms with E-state index in [2.05, 4.69) is 15.0 Å². The summed E-state index contributed by atoms with van der Waals surface area (Å²) in [7, 11) is 0. The van der Waals surface area contributed by atoms with Crippen LogP contribution in [0.3, 0.4) is 0 Å². The normalized spacial score (nSPS) is 10.6. The zero-order valence-electron chi connectivity index (χ0n) is 9.75. The molecule has 0 saturated heterocycles. The van der Waals surface area contributed by atoms with Crippen molar-refractivity contribution in [1.29, 1.82) is 0 Å². The predicted octanol–water partition coefficient (Wildman–Crippen LogP) is 1.73. The van der Waals surface area contributed by atoms with E-state index < -0.39 is 0 Å². The van der Waals surface area contributed by atoms with Crippen molar-refractivity contribution < 1.29 is 4.74 Å². The van der Waals surface area contributed by atoms with E-state index in [1.807, 2.05) is 18.2 Å². The van der Waals surface area contributed by atoms with Crippen molar-refractivity contribution in [3.63, 3.8) is 0 Å². The van der Waals surface area contributed by atoms with E-state index in [9.17, 15) is 0 Å². The Balaban J connectivity index is 2.00. The first-order chi connectivity index (χ1) is 9.22. The molecule has 3 rings (SSSR count). The molecule has 1 aromatic carbocycles. The van der Waals surface area contributed by atoms with E-state index in [0.717, 1.165) is 15.5 Å². The topological polar surface area (TPSA) is 47.9 Å². The van der Waals surface area contributed by atoms with Gasteiger partial charge in [0, 0.05) is 0 Å². The van der Waals surface area contributed by atoms with E-state index in [4.69, 9.17) is 16.3 Å². The first-order valence-corrected chi connectivity index (χ1v) is 7.12. The number of halogens is 1. The Morgan fingerprint density at radius 2 is 2.00 bits per heavy atom. The van der Waals surface area contributed by atoms with Gasteiger partial charge in [-0.2, -0.15) is 0 Å². The van der Waals surface area contributed by atoms with Crippen LogP contribution in [0.4, 0.5) is 0 Å². The van der Waals surface area contributed by atoms with E-state index in [1.165, 1.54) is 16.9 Å². The van der Waals surface area contributed by atoms with Crippen molar-refractivity contribution in [2.24, 2.45) is 0 Å². The average molecular weight is 334 g/mol. The average Bonchev–Trinajstić information content (AvgIpc) is 2.40. The SMILES string of the molecule is Clc1cccc(Oc2ccc3ncnc([AsH2])c3n2)c1. The second-order valence-corrected chi connectivity index (χ2v) is 5.42. The molecule has 94 valence electrons. The molecule has 0 saturated carbocycles. The number of hydrogen-bond acceptors (Lipinski definition) is 4. The second kappa shape index (κ2) is 5.16. The molecule has 0 amide bonds. The third-order valence-electron chi connectivity index (χ3n) is 2.50. The molecule has 0 aliphatic carbocycles. The van der Waals surface area contributed by atoms with Crippen LogP contribution in [-0.4, -0.2) is 31.8 Å². The quantitative estimate of drug-likeness (QED) is 0.670. The van der Waals surface area contributed by atoms with Crippen LogP contribution < -0.4 is 9.22 Å². The molecule has 1 unspecified atom stereocenters. The van der Waals surface area contributed by atoms with E-state index in [-0.39, 0.29) is 0 Å². The van der Waals surface area contributed by atoms with Crippen molar-refractivity contribution in [3.8, 4) is 11.6 Å². The predicted molar refractivity (Wildman–Crippen MR) is 77.0 cm³/mol. The summed E-state index contributed by atoms with van der Waals surface area (Å²) in [6.07, 6.45) is 1.54. The van der Waals surface area contributed by atoms with Crippen molar-refractivity contribution in [3.05, 3.63) is 47.7 Å². The fraction of sp³-hybridized carbons (Fsp3) is 0. The van der Waals surface area contributed by atoms with Crippen molar-refractivity contribution in [1.82, 2.24) is 15.0 Å². The number of fused-ring (bicyclic) bond motifs is 1. The van der Waals surface area contributed by atoms with E-state index in [1.54, 1.807) is 24.5 Å². The Morgan fingerprint density at radius 3 is 2.84 bits per heavy atom. The molecule has 2 aromatic heterocycles. The van der Waals surface area contributed by atoms with Crippen LogP contribution in [0.15, 0.2) is 42.7 Å². The Hall–Kier alpha value is -1.64. The molecule has 0 radical (unpaired) electrons. The third-order valence-corrected chi connectivity index (χ3v) is 3.62. The van der Waals surface area contributed by atoms with Crippen LogP contribution in [0.5, 0.6) is 11.6 Å². The minimum atomic E-state index is 0.503. The van der Waals surface area contributed by atoms with Crippen LogP contribution in [0.25, 0.3) is 11.0 Å². The van der Waals surface area contributed by atoms with Crippen LogP contribution in [0.1, 0.15) is 0 Å². The van der Waals surface area contributed by atoms with Gasteiger partial charge in [-0.3, -0.25) is 0 Å². The molecular formula is C13H9AsClN3O. The van der Waals surface area contributed by atoms with Gasteiger partial charge in [0.25, 0.3) is 0 Å². The number of hydrogen-bond donors (Lipinski definition) is 0. The molecule has 4 nitrogen and oxygen atoms in total. The van der Waals surface area contributed by atoms with Gasteiger partial charge in [-0.05, 0) is 0 Å². The molecule has 0 aliphatic rings. The van der Waals surface area contributed by atoms with Crippen LogP contribution in [-0.2, 0) is 0 Å². The Morgan fingerprint density at radius 1 is 1.11 bits per heavy atom. The summed E-state index contributed by atoms with van der Waals surface area (Å²) in [5.74, 6) is 1.16. The van der Waals surface area contributed by atoms with E-state index in [0.29, 0.717) is 16.7 Å². The molecular weight excluding hydrogens is 325 g/mol. The van der Waals surface area contributed by atoms with Gasteiger partial charge in [-0.25, -0.2) is 0 Å². The van der Waals surface area contributed by atoms with Gasteiger partial charge in [-0.15, -0.1) is 0 Å². The summed E-state index contributed by atoms with van der Waals surface area (Å²) in [5, 5.41) is 0.626. The molecule has 0 aliphatic heterocycles. The Bertz CT molecular complexity index is 751. The van der Waals surface area contributed by atoms with Gasteiger partial charge in [-0.1, -0.05) is 0 Å². The van der Waals surface area contributed by atoms with Gasteiger partial charge >= 0.3 is 123 Å². The van der Waals surface area contributed by atoms with Crippen molar-refractivity contribution >= 4 is 44.0 Å². The minimum absolute atomic E-state index is 0.503. The number of benzene rings is 1. The molecule has 1 atom stereocenters. The maximum absolute atomic E-state index is 5.91. The zero-order valence-corrected chi connectivity index (χ0v) is 12.9. The summed E-state index contributed by atoms with van der Waals surface area (Å²) < 4.78 is 6.56. The summed E-state index contributed by atoms with van der Waals surface area (Å²) in [6, 6.07) is 10.8. The molecule has 3 aromatic rings. The third kappa shape index (κ3) is 2.70. The number of nitrogens with zero attached hydrogens (tertiary/aromatic N) is 3. The van der Waals surface area contributed by atoms with Crippen molar-refractivity contribution in [2.45, 2.75) is 0 Å². The molecule has 6 heteroatoms. The molecule has 0 bridgehead atoms. The maximum atomic E-state index is 5.91. The standard InChI is InChI=1S/C13H9AsClN3O/c14-13-12-10(16-7-17-13)4-5-11(18-12)19-9-3-1-2-8(15)6-9/h1-7H,14H2. The molecule has 19 heavy (non-hydrogen) atoms. The summed E-state index contributed by atoms with van der Waals surface area (Å²) in [5.41, 5.74) is 1.58. The molecule has 0 N–H and O–H groups in total. The number of aromatic nitrogens is 3. The monoisotopic (exact) mass is 333 g/mol. The van der Waals surface area contributed by atoms with Crippen LogP contribution >= 0.6 is 11.6 Å². The fourth-order valence-electron chi connectivity index (χ4n) is 1.65. The van der Waals surface area contributed by atoms with Gasteiger partial charge in [0.15, 0.2) is 0 Å². The second-order valence-electron chi connectivity index (χ2n) is 3.84. The van der Waals surface area contributed by atoms with Crippen molar-refractivity contribution in [2.75, 3.05) is 0 Å². The summed E-state index contributed by atoms with van der Waals surface area (Å²) in [4.78, 5) is 12.7. The number of rotatable bonds is 2. The Labute approximate surface area is 123 Å². The van der Waals surface area contributed by atoms with Gasteiger partial charge in [0.1, 0.15) is 0 Å². The Kier molecular flexibility index (Phi) is 3.36. The van der Waals surface area contributed by atoms with Crippen LogP contribution in [0.2, 0.25) is 5.02 Å². The van der Waals surface area contributed by atoms with Gasteiger partial charge < -0.3 is 0 Å². The number of ether oxygens (including phenoxy) is 1. The van der Waals surface area contributed by atoms with Gasteiger partial charge in [0.2, 0.25) is 0 Å². The summed E-state index contributed by atoms with van der Waals surface area (Å²) in [6.45, 7) is 0. The zero-order chi connectivity index (χ0) is 13.2. The molecule has 2 heterocycles. The van der Waals surface area contributed by atoms with Gasteiger partial charge in [0.05, 0.1) is 0 Å².